The molecule has 1 heterocycles. The highest BCUT2D eigenvalue weighted by Crippen LogP contribution is 2.31. The maximum atomic E-state index is 11.6. The van der Waals surface area contributed by atoms with Crippen molar-refractivity contribution < 1.29 is 9.90 Å². The Morgan fingerprint density at radius 1 is 1.04 bits per heavy atom. The van der Waals surface area contributed by atoms with Crippen LogP contribution in [0.2, 0.25) is 10.0 Å². The highest BCUT2D eigenvalue weighted by atomic mass is 35.5. The Morgan fingerprint density at radius 2 is 1.79 bits per heavy atom. The standard InChI is InChI=1S/C22H16Cl2N2O2/c1-12(27)15-6-9-19-20(10-15)26-22(25-19)14-4-2-13(3-5-14)21(28)17-8-7-16(23)11-18(17)24/h2-11,21,28H,1H3,(H,25,26). The van der Waals surface area contributed by atoms with Gasteiger partial charge in [0, 0.05) is 26.7 Å². The van der Waals surface area contributed by atoms with Crippen molar-refractivity contribution in [3.05, 3.63) is 87.4 Å². The average Bonchev–Trinajstić information content (AvgIpc) is 3.11. The zero-order valence-electron chi connectivity index (χ0n) is 14.9. The molecule has 3 aromatic carbocycles. The lowest BCUT2D eigenvalue weighted by Crippen LogP contribution is -2.00. The van der Waals surface area contributed by atoms with E-state index in [9.17, 15) is 9.90 Å². The van der Waals surface area contributed by atoms with E-state index in [2.05, 4.69) is 9.97 Å². The monoisotopic (exact) mass is 410 g/mol. The van der Waals surface area contributed by atoms with Crippen molar-refractivity contribution in [3.63, 3.8) is 0 Å². The second-order valence-corrected chi connectivity index (χ2v) is 7.41. The number of halogens is 2. The number of H-pyrrole nitrogens is 1. The molecule has 0 aliphatic rings. The lowest BCUT2D eigenvalue weighted by atomic mass is 10.0. The van der Waals surface area contributed by atoms with Crippen LogP contribution in [-0.4, -0.2) is 20.9 Å². The molecule has 4 nitrogen and oxygen atoms in total. The summed E-state index contributed by atoms with van der Waals surface area (Å²) < 4.78 is 0. The summed E-state index contributed by atoms with van der Waals surface area (Å²) in [5, 5.41) is 11.6. The van der Waals surface area contributed by atoms with Crippen LogP contribution in [-0.2, 0) is 0 Å². The number of aromatic nitrogens is 2. The number of carbonyl (C=O) groups excluding carboxylic acids is 1. The Bertz CT molecular complexity index is 1180. The molecule has 1 atom stereocenters. The van der Waals surface area contributed by atoms with Crippen LogP contribution in [0, 0.1) is 0 Å². The van der Waals surface area contributed by atoms with Gasteiger partial charge in [0.05, 0.1) is 11.0 Å². The van der Waals surface area contributed by atoms with Gasteiger partial charge in [-0.3, -0.25) is 4.79 Å². The van der Waals surface area contributed by atoms with Gasteiger partial charge in [-0.05, 0) is 42.8 Å². The van der Waals surface area contributed by atoms with Gasteiger partial charge in [0.15, 0.2) is 5.78 Å². The van der Waals surface area contributed by atoms with Crippen LogP contribution >= 0.6 is 23.2 Å². The largest absolute Gasteiger partial charge is 0.384 e. The van der Waals surface area contributed by atoms with Crippen molar-refractivity contribution in [3.8, 4) is 11.4 Å². The summed E-state index contributed by atoms with van der Waals surface area (Å²) in [5.41, 5.74) is 4.42. The number of hydrogen-bond acceptors (Lipinski definition) is 3. The lowest BCUT2D eigenvalue weighted by molar-refractivity contribution is 0.101. The number of benzene rings is 3. The molecule has 0 aliphatic heterocycles. The third kappa shape index (κ3) is 3.54. The van der Waals surface area contributed by atoms with Gasteiger partial charge in [-0.25, -0.2) is 4.98 Å². The number of aromatic amines is 1. The summed E-state index contributed by atoms with van der Waals surface area (Å²) in [6, 6.07) is 17.8. The number of carbonyl (C=O) groups is 1. The fourth-order valence-electron chi connectivity index (χ4n) is 3.09. The molecule has 0 fully saturated rings. The third-order valence-corrected chi connectivity index (χ3v) is 5.21. The first kappa shape index (κ1) is 18.7. The number of hydrogen-bond donors (Lipinski definition) is 2. The van der Waals surface area contributed by atoms with E-state index in [1.165, 1.54) is 6.92 Å². The van der Waals surface area contributed by atoms with Crippen LogP contribution in [0.15, 0.2) is 60.7 Å². The molecule has 0 aliphatic carbocycles. The molecule has 4 aromatic rings. The first-order valence-corrected chi connectivity index (χ1v) is 9.42. The van der Waals surface area contributed by atoms with Gasteiger partial charge in [-0.2, -0.15) is 0 Å². The molecule has 1 aromatic heterocycles. The minimum absolute atomic E-state index is 0.0113. The lowest BCUT2D eigenvalue weighted by Gasteiger charge is -2.13. The summed E-state index contributed by atoms with van der Waals surface area (Å²) in [5.74, 6) is 0.707. The van der Waals surface area contributed by atoms with E-state index in [1.807, 2.05) is 30.3 Å². The number of aliphatic hydroxyl groups is 1. The Labute approximate surface area is 171 Å². The van der Waals surface area contributed by atoms with Crippen LogP contribution in [0.25, 0.3) is 22.4 Å². The summed E-state index contributed by atoms with van der Waals surface area (Å²) >= 11 is 12.1. The van der Waals surface area contributed by atoms with Crippen LogP contribution in [0.4, 0.5) is 0 Å². The van der Waals surface area contributed by atoms with E-state index >= 15 is 0 Å². The number of fused-ring (bicyclic) bond motifs is 1. The van der Waals surface area contributed by atoms with Crippen molar-refractivity contribution >= 4 is 40.0 Å². The molecule has 0 saturated heterocycles. The average molecular weight is 411 g/mol. The van der Waals surface area contributed by atoms with Crippen LogP contribution in [0.1, 0.15) is 34.5 Å². The minimum Gasteiger partial charge on any atom is -0.384 e. The molecule has 1 unspecified atom stereocenters. The first-order valence-electron chi connectivity index (χ1n) is 8.66. The molecule has 0 bridgehead atoms. The zero-order valence-corrected chi connectivity index (χ0v) is 16.4. The number of aliphatic hydroxyl groups excluding tert-OH is 1. The molecule has 6 heteroatoms. The first-order chi connectivity index (χ1) is 13.4. The van der Waals surface area contributed by atoms with Crippen molar-refractivity contribution in [2.24, 2.45) is 0 Å². The van der Waals surface area contributed by atoms with Gasteiger partial charge in [0.1, 0.15) is 11.9 Å². The fourth-order valence-corrected chi connectivity index (χ4v) is 3.60. The third-order valence-electron chi connectivity index (χ3n) is 4.65. The second-order valence-electron chi connectivity index (χ2n) is 6.56. The Hall–Kier alpha value is -2.66. The normalized spacial score (nSPS) is 12.3. The summed E-state index contributed by atoms with van der Waals surface area (Å²) in [4.78, 5) is 19.4. The van der Waals surface area contributed by atoms with E-state index in [1.54, 1.807) is 30.3 Å². The van der Waals surface area contributed by atoms with Crippen LogP contribution in [0.5, 0.6) is 0 Å². The van der Waals surface area contributed by atoms with Gasteiger partial charge in [0.25, 0.3) is 0 Å². The summed E-state index contributed by atoms with van der Waals surface area (Å²) in [6.45, 7) is 1.54. The number of Topliss-reactive ketones (excluding diaryl/α,β-unsaturated/α-hetero) is 1. The maximum absolute atomic E-state index is 11.6. The summed E-state index contributed by atoms with van der Waals surface area (Å²) in [6.07, 6.45) is -0.854. The van der Waals surface area contributed by atoms with Gasteiger partial charge >= 0.3 is 0 Å². The molecular weight excluding hydrogens is 395 g/mol. The summed E-state index contributed by atoms with van der Waals surface area (Å²) in [7, 11) is 0. The van der Waals surface area contributed by atoms with Crippen molar-refractivity contribution in [1.29, 1.82) is 0 Å². The molecule has 0 amide bonds. The van der Waals surface area contributed by atoms with E-state index < -0.39 is 6.10 Å². The molecular formula is C22H16Cl2N2O2. The van der Waals surface area contributed by atoms with Crippen LogP contribution < -0.4 is 0 Å². The quantitative estimate of drug-likeness (QED) is 0.416. The number of ketones is 1. The number of rotatable bonds is 4. The van der Waals surface area contributed by atoms with Crippen molar-refractivity contribution in [2.75, 3.05) is 0 Å². The van der Waals surface area contributed by atoms with Crippen LogP contribution in [0.3, 0.4) is 0 Å². The van der Waals surface area contributed by atoms with Gasteiger partial charge in [-0.1, -0.05) is 53.5 Å². The number of imidazole rings is 1. The molecule has 28 heavy (non-hydrogen) atoms. The predicted octanol–water partition coefficient (Wildman–Crippen LogP) is 5.82. The molecule has 0 saturated carbocycles. The highest BCUT2D eigenvalue weighted by Gasteiger charge is 2.15. The SMILES string of the molecule is CC(=O)c1ccc2nc(-c3ccc(C(O)c4ccc(Cl)cc4Cl)cc3)[nH]c2c1. The topological polar surface area (TPSA) is 66.0 Å². The Balaban J connectivity index is 1.64. The van der Waals surface area contributed by atoms with Gasteiger partial charge in [0.2, 0.25) is 0 Å². The van der Waals surface area contributed by atoms with Crippen molar-refractivity contribution in [2.45, 2.75) is 13.0 Å². The zero-order chi connectivity index (χ0) is 19.8. The van der Waals surface area contributed by atoms with E-state index in [-0.39, 0.29) is 5.78 Å². The van der Waals surface area contributed by atoms with E-state index in [0.29, 0.717) is 32.6 Å². The minimum atomic E-state index is -0.854. The Kier molecular flexibility index (Phi) is 4.94. The van der Waals surface area contributed by atoms with Gasteiger partial charge < -0.3 is 10.1 Å². The maximum Gasteiger partial charge on any atom is 0.159 e. The number of nitrogens with one attached hydrogen (secondary N) is 1. The molecule has 2 N–H and O–H groups in total. The highest BCUT2D eigenvalue weighted by molar-refractivity contribution is 6.35. The molecule has 4 rings (SSSR count). The van der Waals surface area contributed by atoms with Crippen molar-refractivity contribution in [1.82, 2.24) is 9.97 Å². The van der Waals surface area contributed by atoms with E-state index in [4.69, 9.17) is 23.2 Å². The Morgan fingerprint density at radius 3 is 2.46 bits per heavy atom. The molecule has 0 spiro atoms. The number of nitrogens with zero attached hydrogens (tertiary/aromatic N) is 1. The van der Waals surface area contributed by atoms with Gasteiger partial charge in [-0.15, -0.1) is 0 Å². The fraction of sp³-hybridized carbons (Fsp3) is 0.0909. The van der Waals surface area contributed by atoms with E-state index in [0.717, 1.165) is 16.6 Å². The predicted molar refractivity (Wildman–Crippen MR) is 112 cm³/mol. The molecule has 0 radical (unpaired) electrons. The second kappa shape index (κ2) is 7.40. The smallest absolute Gasteiger partial charge is 0.159 e. The molecule has 140 valence electrons.